The summed E-state index contributed by atoms with van der Waals surface area (Å²) in [5.41, 5.74) is 1.11. The van der Waals surface area contributed by atoms with Crippen molar-refractivity contribution in [2.45, 2.75) is 45.7 Å². The Morgan fingerprint density at radius 2 is 2.20 bits per heavy atom. The van der Waals surface area contributed by atoms with Crippen LogP contribution in [0.5, 0.6) is 0 Å². The van der Waals surface area contributed by atoms with E-state index in [9.17, 15) is 4.39 Å². The molecule has 4 heteroatoms. The third kappa shape index (κ3) is 3.73. The van der Waals surface area contributed by atoms with Gasteiger partial charge in [0.05, 0.1) is 5.69 Å². The molecule has 1 aliphatic heterocycles. The van der Waals surface area contributed by atoms with Crippen molar-refractivity contribution in [1.29, 1.82) is 0 Å². The number of benzene rings is 1. The Morgan fingerprint density at radius 3 is 2.80 bits per heavy atom. The minimum absolute atomic E-state index is 0.192. The van der Waals surface area contributed by atoms with Crippen molar-refractivity contribution in [3.63, 3.8) is 0 Å². The zero-order valence-corrected chi connectivity index (χ0v) is 14.1. The van der Waals surface area contributed by atoms with Gasteiger partial charge < -0.3 is 10.2 Å². The summed E-state index contributed by atoms with van der Waals surface area (Å²) in [7, 11) is 0. The van der Waals surface area contributed by atoms with Crippen LogP contribution in [0.25, 0.3) is 0 Å². The molecule has 1 N–H and O–H groups in total. The Hall–Kier alpha value is -0.610. The first kappa shape index (κ1) is 15.8. The standard InChI is InChI=1S/C16H24BrFN2/c1-4-14-9-19-13(7-11(2)3)10-20(14)16-6-5-12(18)8-15(16)17/h5-6,8,11,13-14,19H,4,7,9-10H2,1-3H3. The van der Waals surface area contributed by atoms with E-state index in [0.29, 0.717) is 18.0 Å². The molecular weight excluding hydrogens is 319 g/mol. The highest BCUT2D eigenvalue weighted by Crippen LogP contribution is 2.31. The molecule has 1 aliphatic rings. The van der Waals surface area contributed by atoms with Crippen molar-refractivity contribution in [1.82, 2.24) is 5.32 Å². The number of hydrogen-bond acceptors (Lipinski definition) is 2. The number of nitrogens with one attached hydrogen (secondary N) is 1. The van der Waals surface area contributed by atoms with Gasteiger partial charge in [-0.2, -0.15) is 0 Å². The molecule has 0 bridgehead atoms. The lowest BCUT2D eigenvalue weighted by molar-refractivity contribution is 0.343. The van der Waals surface area contributed by atoms with Gasteiger partial charge in [-0.1, -0.05) is 20.8 Å². The van der Waals surface area contributed by atoms with Gasteiger partial charge in [-0.15, -0.1) is 0 Å². The van der Waals surface area contributed by atoms with E-state index in [1.54, 1.807) is 12.1 Å². The normalized spacial score (nSPS) is 23.4. The lowest BCUT2D eigenvalue weighted by atomic mass is 9.98. The van der Waals surface area contributed by atoms with E-state index in [0.717, 1.165) is 29.7 Å². The highest BCUT2D eigenvalue weighted by Gasteiger charge is 2.28. The van der Waals surface area contributed by atoms with E-state index in [4.69, 9.17) is 0 Å². The van der Waals surface area contributed by atoms with E-state index in [-0.39, 0.29) is 5.82 Å². The molecule has 0 saturated carbocycles. The summed E-state index contributed by atoms with van der Waals surface area (Å²) < 4.78 is 14.1. The zero-order valence-electron chi connectivity index (χ0n) is 12.5. The molecule has 20 heavy (non-hydrogen) atoms. The van der Waals surface area contributed by atoms with Gasteiger partial charge in [0, 0.05) is 29.6 Å². The molecule has 2 nitrogen and oxygen atoms in total. The van der Waals surface area contributed by atoms with E-state index < -0.39 is 0 Å². The van der Waals surface area contributed by atoms with E-state index in [1.807, 2.05) is 6.07 Å². The van der Waals surface area contributed by atoms with Gasteiger partial charge in [0.15, 0.2) is 0 Å². The van der Waals surface area contributed by atoms with Gasteiger partial charge >= 0.3 is 0 Å². The highest BCUT2D eigenvalue weighted by molar-refractivity contribution is 9.10. The average molecular weight is 343 g/mol. The fraction of sp³-hybridized carbons (Fsp3) is 0.625. The van der Waals surface area contributed by atoms with Crippen LogP contribution in [0.2, 0.25) is 0 Å². The molecule has 0 aliphatic carbocycles. The number of rotatable bonds is 4. The van der Waals surface area contributed by atoms with Gasteiger partial charge in [-0.3, -0.25) is 0 Å². The molecule has 2 rings (SSSR count). The summed E-state index contributed by atoms with van der Waals surface area (Å²) in [5.74, 6) is 0.492. The first-order valence-electron chi connectivity index (χ1n) is 7.46. The minimum Gasteiger partial charge on any atom is -0.365 e. The Bertz CT molecular complexity index is 450. The van der Waals surface area contributed by atoms with E-state index >= 15 is 0 Å². The molecule has 1 aromatic carbocycles. The molecule has 1 saturated heterocycles. The monoisotopic (exact) mass is 342 g/mol. The van der Waals surface area contributed by atoms with Gasteiger partial charge in [0.1, 0.15) is 5.82 Å². The zero-order chi connectivity index (χ0) is 14.7. The number of anilines is 1. The van der Waals surface area contributed by atoms with Crippen LogP contribution in [0.1, 0.15) is 33.6 Å². The van der Waals surface area contributed by atoms with Crippen LogP contribution >= 0.6 is 15.9 Å². The Morgan fingerprint density at radius 1 is 1.45 bits per heavy atom. The lowest BCUT2D eigenvalue weighted by Crippen LogP contribution is -2.56. The Labute approximate surface area is 129 Å². The van der Waals surface area contributed by atoms with Crippen LogP contribution in [-0.2, 0) is 0 Å². The molecule has 0 radical (unpaired) electrons. The van der Waals surface area contributed by atoms with Gasteiger partial charge in [-0.05, 0) is 52.9 Å². The molecule has 2 unspecified atom stereocenters. The second-order valence-corrected chi connectivity index (χ2v) is 6.90. The summed E-state index contributed by atoms with van der Waals surface area (Å²) >= 11 is 3.51. The minimum atomic E-state index is -0.192. The van der Waals surface area contributed by atoms with Crippen LogP contribution < -0.4 is 10.2 Å². The molecule has 112 valence electrons. The van der Waals surface area contributed by atoms with Gasteiger partial charge in [-0.25, -0.2) is 4.39 Å². The maximum absolute atomic E-state index is 13.3. The molecule has 0 amide bonds. The SMILES string of the molecule is CCC1CNC(CC(C)C)CN1c1ccc(F)cc1Br. The Balaban J connectivity index is 2.20. The third-order valence-corrected chi connectivity index (χ3v) is 4.58. The van der Waals surface area contributed by atoms with Crippen molar-refractivity contribution < 1.29 is 4.39 Å². The first-order chi connectivity index (χ1) is 9.51. The van der Waals surface area contributed by atoms with Crippen LogP contribution in [0, 0.1) is 11.7 Å². The summed E-state index contributed by atoms with van der Waals surface area (Å²) in [6.45, 7) is 8.70. The van der Waals surface area contributed by atoms with Crippen LogP contribution in [0.15, 0.2) is 22.7 Å². The summed E-state index contributed by atoms with van der Waals surface area (Å²) in [4.78, 5) is 2.42. The smallest absolute Gasteiger partial charge is 0.124 e. The molecule has 1 fully saturated rings. The third-order valence-electron chi connectivity index (χ3n) is 3.95. The predicted molar refractivity (Wildman–Crippen MR) is 86.8 cm³/mol. The summed E-state index contributed by atoms with van der Waals surface area (Å²) in [6, 6.07) is 5.98. The number of piperazine rings is 1. The van der Waals surface area contributed by atoms with E-state index in [1.165, 1.54) is 6.42 Å². The average Bonchev–Trinajstić information content (AvgIpc) is 2.38. The maximum atomic E-state index is 13.3. The predicted octanol–water partition coefficient (Wildman–Crippen LogP) is 4.19. The molecule has 1 heterocycles. The van der Waals surface area contributed by atoms with Crippen molar-refractivity contribution in [3.8, 4) is 0 Å². The highest BCUT2D eigenvalue weighted by atomic mass is 79.9. The van der Waals surface area contributed by atoms with Gasteiger partial charge in [0.25, 0.3) is 0 Å². The molecule has 1 aromatic rings. The van der Waals surface area contributed by atoms with Crippen LogP contribution in [-0.4, -0.2) is 25.2 Å². The molecule has 2 atom stereocenters. The number of halogens is 2. The topological polar surface area (TPSA) is 15.3 Å². The van der Waals surface area contributed by atoms with Crippen LogP contribution in [0.3, 0.4) is 0 Å². The fourth-order valence-electron chi connectivity index (χ4n) is 2.96. The quantitative estimate of drug-likeness (QED) is 0.882. The Kier molecular flexibility index (Phi) is 5.44. The summed E-state index contributed by atoms with van der Waals surface area (Å²) in [6.07, 6.45) is 2.26. The molecular formula is C16H24BrFN2. The van der Waals surface area contributed by atoms with Crippen molar-refractivity contribution in [2.75, 3.05) is 18.0 Å². The van der Waals surface area contributed by atoms with Crippen LogP contribution in [0.4, 0.5) is 10.1 Å². The lowest BCUT2D eigenvalue weighted by Gasteiger charge is -2.42. The number of hydrogen-bond donors (Lipinski definition) is 1. The second-order valence-electron chi connectivity index (χ2n) is 6.04. The second kappa shape index (κ2) is 6.90. The maximum Gasteiger partial charge on any atom is 0.124 e. The first-order valence-corrected chi connectivity index (χ1v) is 8.25. The van der Waals surface area contributed by atoms with Crippen molar-refractivity contribution in [3.05, 3.63) is 28.5 Å². The van der Waals surface area contributed by atoms with Crippen molar-refractivity contribution in [2.24, 2.45) is 5.92 Å². The van der Waals surface area contributed by atoms with Crippen molar-refractivity contribution >= 4 is 21.6 Å². The van der Waals surface area contributed by atoms with E-state index in [2.05, 4.69) is 46.9 Å². The fourth-order valence-corrected chi connectivity index (χ4v) is 3.54. The molecule has 0 spiro atoms. The van der Waals surface area contributed by atoms with Gasteiger partial charge in [0.2, 0.25) is 0 Å². The number of nitrogens with zero attached hydrogens (tertiary/aromatic N) is 1. The molecule has 0 aromatic heterocycles. The largest absolute Gasteiger partial charge is 0.365 e. The summed E-state index contributed by atoms with van der Waals surface area (Å²) in [5, 5.41) is 3.65.